The molecule has 3 aliphatic rings. The molecule has 2 heterocycles. The first kappa shape index (κ1) is 18.4. The normalized spacial score (nSPS) is 21.9. The van der Waals surface area contributed by atoms with Crippen LogP contribution in [-0.2, 0) is 0 Å². The minimum absolute atomic E-state index is 0.0237. The summed E-state index contributed by atoms with van der Waals surface area (Å²) in [5, 5.41) is 14.1. The van der Waals surface area contributed by atoms with Gasteiger partial charge in [-0.25, -0.2) is 0 Å². The minimum Gasteiger partial charge on any atom is -0.504 e. The van der Waals surface area contributed by atoms with Crippen molar-refractivity contribution in [2.45, 2.75) is 58.1 Å². The number of hydrogen-bond acceptors (Lipinski definition) is 4. The molecule has 4 nitrogen and oxygen atoms in total. The van der Waals surface area contributed by atoms with Gasteiger partial charge in [-0.2, -0.15) is 0 Å². The Kier molecular flexibility index (Phi) is 4.09. The predicted molar refractivity (Wildman–Crippen MR) is 117 cm³/mol. The molecule has 1 atom stereocenters. The van der Waals surface area contributed by atoms with Crippen molar-refractivity contribution in [3.63, 3.8) is 0 Å². The van der Waals surface area contributed by atoms with E-state index in [0.717, 1.165) is 22.6 Å². The summed E-state index contributed by atoms with van der Waals surface area (Å²) in [6.07, 6.45) is 7.24. The molecule has 5 rings (SSSR count). The SMILES string of the molecule is COc1c(O)ccc2c1-c1ccc3c(c1[C@@H](C1CCCC1)O2)C(C)=CC(C)(C)N3. The molecule has 2 N–H and O–H groups in total. The average molecular weight is 392 g/mol. The fourth-order valence-electron chi connectivity index (χ4n) is 5.56. The van der Waals surface area contributed by atoms with Gasteiger partial charge in [0, 0.05) is 22.7 Å². The van der Waals surface area contributed by atoms with E-state index >= 15 is 0 Å². The topological polar surface area (TPSA) is 50.7 Å². The second kappa shape index (κ2) is 6.45. The van der Waals surface area contributed by atoms with E-state index in [2.05, 4.69) is 44.3 Å². The minimum atomic E-state index is -0.0857. The van der Waals surface area contributed by atoms with Crippen LogP contribution in [0.2, 0.25) is 0 Å². The van der Waals surface area contributed by atoms with Crippen LogP contribution in [0.25, 0.3) is 16.7 Å². The Hall–Kier alpha value is -2.62. The molecule has 1 fully saturated rings. The largest absolute Gasteiger partial charge is 0.504 e. The first-order valence-corrected chi connectivity index (χ1v) is 10.6. The summed E-state index contributed by atoms with van der Waals surface area (Å²) in [5.41, 5.74) is 6.80. The van der Waals surface area contributed by atoms with E-state index < -0.39 is 0 Å². The van der Waals surface area contributed by atoms with Crippen LogP contribution in [0.5, 0.6) is 17.2 Å². The molecule has 152 valence electrons. The van der Waals surface area contributed by atoms with Crippen LogP contribution in [0, 0.1) is 5.92 Å². The Morgan fingerprint density at radius 1 is 1.10 bits per heavy atom. The molecule has 29 heavy (non-hydrogen) atoms. The lowest BCUT2D eigenvalue weighted by Crippen LogP contribution is -2.33. The Morgan fingerprint density at radius 2 is 1.86 bits per heavy atom. The van der Waals surface area contributed by atoms with Gasteiger partial charge in [-0.3, -0.25) is 0 Å². The predicted octanol–water partition coefficient (Wildman–Crippen LogP) is 6.30. The van der Waals surface area contributed by atoms with E-state index in [0.29, 0.717) is 11.7 Å². The number of benzene rings is 2. The highest BCUT2D eigenvalue weighted by molar-refractivity contribution is 5.92. The number of aromatic hydroxyl groups is 1. The molecule has 0 unspecified atom stereocenters. The highest BCUT2D eigenvalue weighted by Gasteiger charge is 2.39. The van der Waals surface area contributed by atoms with Gasteiger partial charge in [0.15, 0.2) is 11.5 Å². The molecule has 0 bridgehead atoms. The molecule has 1 aliphatic carbocycles. The van der Waals surface area contributed by atoms with Crippen molar-refractivity contribution < 1.29 is 14.6 Å². The molecule has 2 aliphatic heterocycles. The molecular formula is C25H29NO3. The number of ether oxygens (including phenoxy) is 2. The van der Waals surface area contributed by atoms with Gasteiger partial charge in [0.25, 0.3) is 0 Å². The first-order chi connectivity index (χ1) is 13.9. The lowest BCUT2D eigenvalue weighted by atomic mass is 9.78. The highest BCUT2D eigenvalue weighted by Crippen LogP contribution is 2.56. The zero-order valence-corrected chi connectivity index (χ0v) is 17.6. The number of phenols is 1. The van der Waals surface area contributed by atoms with E-state index in [1.807, 2.05) is 6.07 Å². The van der Waals surface area contributed by atoms with E-state index in [4.69, 9.17) is 9.47 Å². The smallest absolute Gasteiger partial charge is 0.172 e. The van der Waals surface area contributed by atoms with Gasteiger partial charge in [0.2, 0.25) is 0 Å². The lowest BCUT2D eigenvalue weighted by molar-refractivity contribution is 0.134. The summed E-state index contributed by atoms with van der Waals surface area (Å²) in [6.45, 7) is 6.59. The van der Waals surface area contributed by atoms with Gasteiger partial charge >= 0.3 is 0 Å². The van der Waals surface area contributed by atoms with E-state index in [-0.39, 0.29) is 17.4 Å². The highest BCUT2D eigenvalue weighted by atomic mass is 16.5. The van der Waals surface area contributed by atoms with Gasteiger partial charge < -0.3 is 19.9 Å². The fraction of sp³-hybridized carbons (Fsp3) is 0.440. The molecule has 0 spiro atoms. The van der Waals surface area contributed by atoms with Crippen molar-refractivity contribution in [3.05, 3.63) is 41.5 Å². The van der Waals surface area contributed by atoms with Crippen molar-refractivity contribution in [2.75, 3.05) is 12.4 Å². The van der Waals surface area contributed by atoms with Crippen LogP contribution in [0.4, 0.5) is 5.69 Å². The van der Waals surface area contributed by atoms with E-state index in [1.165, 1.54) is 42.4 Å². The van der Waals surface area contributed by atoms with Gasteiger partial charge in [-0.15, -0.1) is 0 Å². The average Bonchev–Trinajstić information content (AvgIpc) is 3.20. The van der Waals surface area contributed by atoms with Gasteiger partial charge in [-0.05, 0) is 62.9 Å². The lowest BCUT2D eigenvalue weighted by Gasteiger charge is -2.39. The zero-order chi connectivity index (χ0) is 20.3. The maximum absolute atomic E-state index is 10.4. The van der Waals surface area contributed by atoms with Crippen molar-refractivity contribution >= 4 is 11.3 Å². The monoisotopic (exact) mass is 391 g/mol. The zero-order valence-electron chi connectivity index (χ0n) is 17.6. The van der Waals surface area contributed by atoms with Crippen molar-refractivity contribution in [1.82, 2.24) is 0 Å². The Bertz CT molecular complexity index is 1020. The van der Waals surface area contributed by atoms with Crippen LogP contribution in [-0.4, -0.2) is 17.8 Å². The number of hydrogen-bond donors (Lipinski definition) is 2. The molecule has 2 aromatic carbocycles. The fourth-order valence-corrected chi connectivity index (χ4v) is 5.56. The van der Waals surface area contributed by atoms with Crippen molar-refractivity contribution in [1.29, 1.82) is 0 Å². The number of fused-ring (bicyclic) bond motifs is 5. The first-order valence-electron chi connectivity index (χ1n) is 10.6. The van der Waals surface area contributed by atoms with Crippen LogP contribution in [0.15, 0.2) is 30.3 Å². The molecule has 0 aromatic heterocycles. The van der Waals surface area contributed by atoms with Crippen LogP contribution in [0.3, 0.4) is 0 Å². The third-order valence-corrected chi connectivity index (χ3v) is 6.61. The van der Waals surface area contributed by atoms with Crippen molar-refractivity contribution in [2.24, 2.45) is 5.92 Å². The summed E-state index contributed by atoms with van der Waals surface area (Å²) in [4.78, 5) is 0. The molecule has 0 amide bonds. The number of allylic oxidation sites excluding steroid dienone is 1. The van der Waals surface area contributed by atoms with Crippen LogP contribution < -0.4 is 14.8 Å². The number of nitrogens with one attached hydrogen (secondary N) is 1. The number of phenolic OH excluding ortho intramolecular Hbond substituents is 1. The van der Waals surface area contributed by atoms with Crippen LogP contribution in [0.1, 0.15) is 63.7 Å². The van der Waals surface area contributed by atoms with Crippen molar-refractivity contribution in [3.8, 4) is 28.4 Å². The number of methoxy groups -OCH3 is 1. The second-order valence-electron chi connectivity index (χ2n) is 9.20. The third kappa shape index (κ3) is 2.80. The summed E-state index contributed by atoms with van der Waals surface area (Å²) in [5.74, 6) is 1.94. The summed E-state index contributed by atoms with van der Waals surface area (Å²) >= 11 is 0. The van der Waals surface area contributed by atoms with E-state index in [1.54, 1.807) is 13.2 Å². The maximum Gasteiger partial charge on any atom is 0.172 e. The molecule has 2 aromatic rings. The molecular weight excluding hydrogens is 362 g/mol. The summed E-state index contributed by atoms with van der Waals surface area (Å²) in [7, 11) is 1.60. The third-order valence-electron chi connectivity index (χ3n) is 6.61. The summed E-state index contributed by atoms with van der Waals surface area (Å²) in [6, 6.07) is 7.88. The number of rotatable bonds is 2. The molecule has 1 saturated carbocycles. The van der Waals surface area contributed by atoms with Gasteiger partial charge in [0.1, 0.15) is 11.9 Å². The second-order valence-corrected chi connectivity index (χ2v) is 9.20. The maximum atomic E-state index is 10.4. The van der Waals surface area contributed by atoms with Gasteiger partial charge in [0.05, 0.1) is 18.2 Å². The Balaban J connectivity index is 1.80. The van der Waals surface area contributed by atoms with Crippen LogP contribution >= 0.6 is 0 Å². The molecule has 0 radical (unpaired) electrons. The Morgan fingerprint density at radius 3 is 2.59 bits per heavy atom. The van der Waals surface area contributed by atoms with Gasteiger partial charge in [-0.1, -0.05) is 25.0 Å². The quantitative estimate of drug-likeness (QED) is 0.631. The number of anilines is 1. The molecule has 4 heteroatoms. The van der Waals surface area contributed by atoms with E-state index in [9.17, 15) is 5.11 Å². The summed E-state index contributed by atoms with van der Waals surface area (Å²) < 4.78 is 12.3. The molecule has 0 saturated heterocycles. The standard InChI is InChI=1S/C25H29NO3/c1-14-13-25(2,3)26-17-10-9-16-21-19(12-11-18(27)24(21)28-4)29-23(22(16)20(14)17)15-7-5-6-8-15/h9-13,15,23,26-27H,5-8H2,1-4H3/t23-/m1/s1. The Labute approximate surface area is 172 Å².